The summed E-state index contributed by atoms with van der Waals surface area (Å²) in [5.74, 6) is -0.534. The summed E-state index contributed by atoms with van der Waals surface area (Å²) in [7, 11) is 0. The zero-order chi connectivity index (χ0) is 24.9. The van der Waals surface area contributed by atoms with Gasteiger partial charge in [0.15, 0.2) is 0 Å². The summed E-state index contributed by atoms with van der Waals surface area (Å²) in [5, 5.41) is 3.05. The van der Waals surface area contributed by atoms with Crippen LogP contribution in [-0.4, -0.2) is 41.4 Å². The topological polar surface area (TPSA) is 73.0 Å². The van der Waals surface area contributed by atoms with Gasteiger partial charge in [-0.2, -0.15) is 0 Å². The highest BCUT2D eigenvalue weighted by Gasteiger charge is 2.53. The average molecular weight is 481 g/mol. The third-order valence-electron chi connectivity index (χ3n) is 7.68. The number of amides is 3. The van der Waals surface area contributed by atoms with Gasteiger partial charge in [-0.05, 0) is 55.2 Å². The van der Waals surface area contributed by atoms with Crippen molar-refractivity contribution in [1.82, 2.24) is 4.90 Å². The van der Waals surface area contributed by atoms with Crippen LogP contribution in [0.3, 0.4) is 0 Å². The largest absolute Gasteiger partial charge is 0.367 e. The molecule has 3 amide bonds. The third-order valence-corrected chi connectivity index (χ3v) is 7.68. The number of fused-ring (bicyclic) bond motifs is 4. The number of anilines is 3. The second-order valence-electron chi connectivity index (χ2n) is 9.86. The van der Waals surface area contributed by atoms with Crippen LogP contribution in [0.5, 0.6) is 0 Å². The van der Waals surface area contributed by atoms with Crippen LogP contribution in [-0.2, 0) is 22.6 Å². The molecule has 0 aliphatic carbocycles. The molecule has 6 rings (SSSR count). The molecule has 0 aromatic heterocycles. The maximum atomic E-state index is 13.5. The molecule has 7 nitrogen and oxygen atoms in total. The number of rotatable bonds is 5. The molecular formula is C29H28N4O3. The molecule has 182 valence electrons. The minimum atomic E-state index is -0.862. The highest BCUT2D eigenvalue weighted by Crippen LogP contribution is 2.43. The molecule has 7 heteroatoms. The molecule has 3 aliphatic rings. The quantitative estimate of drug-likeness (QED) is 0.595. The predicted octanol–water partition coefficient (Wildman–Crippen LogP) is 4.19. The molecule has 3 heterocycles. The zero-order valence-corrected chi connectivity index (χ0v) is 20.2. The molecule has 0 bridgehead atoms. The van der Waals surface area contributed by atoms with E-state index in [9.17, 15) is 14.4 Å². The smallest absolute Gasteiger partial charge is 0.258 e. The lowest BCUT2D eigenvalue weighted by Crippen LogP contribution is -2.63. The molecule has 36 heavy (non-hydrogen) atoms. The van der Waals surface area contributed by atoms with E-state index >= 15 is 0 Å². The van der Waals surface area contributed by atoms with E-state index < -0.39 is 5.66 Å². The standard InChI is InChI=1S/C29H28N4O3/c1-29-16-14-27(35)33(29)25-13-7-4-10-22(25)28(36)32(29)19-26(34)30-23-11-5-2-9-21(23)18-31-17-15-20-8-3-6-12-24(20)31/h2-13H,14-19H2,1H3,(H,30,34). The Morgan fingerprint density at radius 2 is 1.64 bits per heavy atom. The van der Waals surface area contributed by atoms with Crippen molar-refractivity contribution in [3.8, 4) is 0 Å². The first-order valence-electron chi connectivity index (χ1n) is 12.4. The van der Waals surface area contributed by atoms with Crippen molar-refractivity contribution in [3.63, 3.8) is 0 Å². The Kier molecular flexibility index (Phi) is 5.29. The van der Waals surface area contributed by atoms with E-state index in [1.165, 1.54) is 11.3 Å². The molecule has 1 fully saturated rings. The van der Waals surface area contributed by atoms with Crippen LogP contribution in [0.25, 0.3) is 0 Å². The van der Waals surface area contributed by atoms with Gasteiger partial charge in [0.25, 0.3) is 5.91 Å². The van der Waals surface area contributed by atoms with Gasteiger partial charge in [0, 0.05) is 30.9 Å². The van der Waals surface area contributed by atoms with Crippen molar-refractivity contribution in [2.24, 2.45) is 0 Å². The lowest BCUT2D eigenvalue weighted by atomic mass is 9.98. The van der Waals surface area contributed by atoms with Crippen LogP contribution in [0.2, 0.25) is 0 Å². The van der Waals surface area contributed by atoms with Gasteiger partial charge in [-0.3, -0.25) is 19.3 Å². The fourth-order valence-electron chi connectivity index (χ4n) is 5.83. The maximum Gasteiger partial charge on any atom is 0.258 e. The summed E-state index contributed by atoms with van der Waals surface area (Å²) in [5.41, 5.74) is 4.54. The van der Waals surface area contributed by atoms with Gasteiger partial charge in [0.1, 0.15) is 12.2 Å². The first kappa shape index (κ1) is 22.3. The summed E-state index contributed by atoms with van der Waals surface area (Å²) < 4.78 is 0. The number of benzene rings is 3. The van der Waals surface area contributed by atoms with Gasteiger partial charge in [-0.1, -0.05) is 48.5 Å². The summed E-state index contributed by atoms with van der Waals surface area (Å²) in [6, 6.07) is 23.4. The van der Waals surface area contributed by atoms with Gasteiger partial charge in [0.05, 0.1) is 11.3 Å². The Morgan fingerprint density at radius 3 is 2.50 bits per heavy atom. The fourth-order valence-corrected chi connectivity index (χ4v) is 5.83. The molecule has 1 N–H and O–H groups in total. The van der Waals surface area contributed by atoms with E-state index in [-0.39, 0.29) is 24.3 Å². The fraction of sp³-hybridized carbons (Fsp3) is 0.276. The van der Waals surface area contributed by atoms with Gasteiger partial charge in [-0.25, -0.2) is 0 Å². The van der Waals surface area contributed by atoms with E-state index in [2.05, 4.69) is 34.5 Å². The van der Waals surface area contributed by atoms with Gasteiger partial charge in [0.2, 0.25) is 11.8 Å². The Labute approximate surface area is 210 Å². The highest BCUT2D eigenvalue weighted by atomic mass is 16.2. The van der Waals surface area contributed by atoms with Crippen LogP contribution in [0, 0.1) is 0 Å². The molecule has 0 radical (unpaired) electrons. The molecule has 3 aromatic carbocycles. The second-order valence-corrected chi connectivity index (χ2v) is 9.86. The van der Waals surface area contributed by atoms with Gasteiger partial charge >= 0.3 is 0 Å². The SMILES string of the molecule is CC12CCC(=O)N1c1ccccc1C(=O)N2CC(=O)Nc1ccccc1CN1CCc2ccccc21. The highest BCUT2D eigenvalue weighted by molar-refractivity contribution is 6.11. The second kappa shape index (κ2) is 8.52. The normalized spacial score (nSPS) is 20.3. The molecule has 1 atom stereocenters. The number of hydrogen-bond acceptors (Lipinski definition) is 4. The van der Waals surface area contributed by atoms with E-state index in [0.717, 1.165) is 24.2 Å². The monoisotopic (exact) mass is 480 g/mol. The summed E-state index contributed by atoms with van der Waals surface area (Å²) >= 11 is 0. The van der Waals surface area contributed by atoms with Crippen molar-refractivity contribution in [2.75, 3.05) is 28.2 Å². The Hall–Kier alpha value is -4.13. The van der Waals surface area contributed by atoms with Crippen LogP contribution >= 0.6 is 0 Å². The van der Waals surface area contributed by atoms with Crippen molar-refractivity contribution in [1.29, 1.82) is 0 Å². The van der Waals surface area contributed by atoms with E-state index in [1.54, 1.807) is 28.0 Å². The number of nitrogens with one attached hydrogen (secondary N) is 1. The number of para-hydroxylation sites is 3. The average Bonchev–Trinajstić information content (AvgIpc) is 3.43. The number of nitrogens with zero attached hydrogens (tertiary/aromatic N) is 3. The first-order chi connectivity index (χ1) is 17.5. The first-order valence-corrected chi connectivity index (χ1v) is 12.4. The van der Waals surface area contributed by atoms with Gasteiger partial charge in [-0.15, -0.1) is 0 Å². The summed E-state index contributed by atoms with van der Waals surface area (Å²) in [4.78, 5) is 45.1. The maximum absolute atomic E-state index is 13.5. The van der Waals surface area contributed by atoms with Crippen LogP contribution in [0.1, 0.15) is 41.3 Å². The van der Waals surface area contributed by atoms with Crippen molar-refractivity contribution < 1.29 is 14.4 Å². The molecular weight excluding hydrogens is 452 g/mol. The number of hydrogen-bond donors (Lipinski definition) is 1. The van der Waals surface area contributed by atoms with E-state index in [4.69, 9.17) is 0 Å². The lowest BCUT2D eigenvalue weighted by molar-refractivity contribution is -0.120. The van der Waals surface area contributed by atoms with Crippen LogP contribution in [0.4, 0.5) is 17.1 Å². The van der Waals surface area contributed by atoms with Gasteiger partial charge < -0.3 is 15.1 Å². The number of carbonyl (C=O) groups excluding carboxylic acids is 3. The molecule has 1 saturated heterocycles. The molecule has 3 aromatic rings. The van der Waals surface area contributed by atoms with Crippen molar-refractivity contribution in [3.05, 3.63) is 89.5 Å². The third kappa shape index (κ3) is 3.54. The molecule has 3 aliphatic heterocycles. The minimum absolute atomic E-state index is 0.0286. The van der Waals surface area contributed by atoms with Crippen LogP contribution in [0.15, 0.2) is 72.8 Å². The predicted molar refractivity (Wildman–Crippen MR) is 139 cm³/mol. The van der Waals surface area contributed by atoms with E-state index in [0.29, 0.717) is 30.6 Å². The summed E-state index contributed by atoms with van der Waals surface area (Å²) in [6.07, 6.45) is 1.84. The van der Waals surface area contributed by atoms with Crippen LogP contribution < -0.4 is 15.1 Å². The Balaban J connectivity index is 1.23. The summed E-state index contributed by atoms with van der Waals surface area (Å²) in [6.45, 7) is 3.36. The zero-order valence-electron chi connectivity index (χ0n) is 20.2. The Morgan fingerprint density at radius 1 is 0.917 bits per heavy atom. The van der Waals surface area contributed by atoms with E-state index in [1.807, 2.05) is 37.3 Å². The molecule has 0 spiro atoms. The number of carbonyl (C=O) groups is 3. The minimum Gasteiger partial charge on any atom is -0.367 e. The molecule has 0 saturated carbocycles. The molecule has 1 unspecified atom stereocenters. The lowest BCUT2D eigenvalue weighted by Gasteiger charge is -2.48. The van der Waals surface area contributed by atoms with Crippen molar-refractivity contribution in [2.45, 2.75) is 38.4 Å². The Bertz CT molecular complexity index is 1390. The van der Waals surface area contributed by atoms with Crippen molar-refractivity contribution >= 4 is 34.8 Å².